The molecular weight excluding hydrogens is 395 g/mol. The van der Waals surface area contributed by atoms with Crippen molar-refractivity contribution < 1.29 is 27.1 Å². The van der Waals surface area contributed by atoms with Gasteiger partial charge in [-0.15, -0.1) is 0 Å². The maximum atomic E-state index is 14.5. The molecule has 0 radical (unpaired) electrons. The summed E-state index contributed by atoms with van der Waals surface area (Å²) < 4.78 is 68.6. The van der Waals surface area contributed by atoms with Crippen LogP contribution in [-0.2, 0) is 0 Å². The quantitative estimate of drug-likeness (QED) is 0.408. The number of alkyl halides is 5. The van der Waals surface area contributed by atoms with Crippen LogP contribution < -0.4 is 0 Å². The summed E-state index contributed by atoms with van der Waals surface area (Å²) in [5, 5.41) is 12.4. The molecule has 7 heteroatoms. The van der Waals surface area contributed by atoms with Crippen LogP contribution >= 0.6 is 11.8 Å². The van der Waals surface area contributed by atoms with Gasteiger partial charge in [-0.2, -0.15) is 33.7 Å². The van der Waals surface area contributed by atoms with Crippen molar-refractivity contribution in [2.24, 2.45) is 34.5 Å². The number of rotatable bonds is 1. The molecule has 0 bridgehead atoms. The van der Waals surface area contributed by atoms with Gasteiger partial charge in [0.1, 0.15) is 5.60 Å². The van der Waals surface area contributed by atoms with Gasteiger partial charge in [-0.3, -0.25) is 0 Å². The zero-order valence-corrected chi connectivity index (χ0v) is 17.2. The summed E-state index contributed by atoms with van der Waals surface area (Å²) in [6.07, 6.45) is -0.572. The number of halogens is 5. The Morgan fingerprint density at radius 2 is 1.57 bits per heavy atom. The lowest BCUT2D eigenvalue weighted by molar-refractivity contribution is -0.364. The van der Waals surface area contributed by atoms with Crippen LogP contribution in [-0.4, -0.2) is 33.3 Å². The molecule has 160 valence electrons. The lowest BCUT2D eigenvalue weighted by Crippen LogP contribution is -2.66. The van der Waals surface area contributed by atoms with Crippen molar-refractivity contribution in [2.75, 3.05) is 0 Å². The van der Waals surface area contributed by atoms with Gasteiger partial charge in [0, 0.05) is 15.9 Å². The molecule has 0 spiro atoms. The Bertz CT molecular complexity index is 682. The number of aliphatic hydroxyl groups is 1. The molecule has 4 saturated carbocycles. The summed E-state index contributed by atoms with van der Waals surface area (Å²) in [4.78, 5) is 0. The molecule has 1 N–H and O–H groups in total. The molecule has 4 unspecified atom stereocenters. The maximum Gasteiger partial charge on any atom is 0.456 e. The van der Waals surface area contributed by atoms with Crippen molar-refractivity contribution in [1.29, 1.82) is 0 Å². The van der Waals surface area contributed by atoms with Crippen molar-refractivity contribution in [3.05, 3.63) is 0 Å². The van der Waals surface area contributed by atoms with Gasteiger partial charge in [0.05, 0.1) is 0 Å². The fraction of sp³-hybridized carbons (Fsp3) is 1.00. The topological polar surface area (TPSA) is 20.2 Å². The average Bonchev–Trinajstić information content (AvgIpc) is 3.27. The van der Waals surface area contributed by atoms with Crippen molar-refractivity contribution in [2.45, 2.75) is 93.4 Å². The van der Waals surface area contributed by atoms with Gasteiger partial charge in [-0.05, 0) is 80.5 Å². The monoisotopic (exact) mass is 424 g/mol. The Morgan fingerprint density at radius 3 is 2.25 bits per heavy atom. The van der Waals surface area contributed by atoms with Gasteiger partial charge in [0.25, 0.3) is 0 Å². The van der Waals surface area contributed by atoms with Crippen LogP contribution in [0.15, 0.2) is 0 Å². The standard InChI is InChI=1S/C21H29F5OS/c1-17-10-16-15(28-16)9-11(17)3-4-12-13(17)5-7-18(2)14(12)6-8-19(18,27)20(22,23)21(24,25)26/h11-16,27H,3-10H2,1-2H3/t11?,12-,13-,14+,15?,16?,17+,18+,19?/m1/s1. The van der Waals surface area contributed by atoms with Crippen LogP contribution in [0.5, 0.6) is 0 Å². The van der Waals surface area contributed by atoms with E-state index in [9.17, 15) is 27.1 Å². The zero-order valence-electron chi connectivity index (χ0n) is 16.4. The molecule has 4 aliphatic carbocycles. The molecule has 1 saturated heterocycles. The smallest absolute Gasteiger partial charge is 0.383 e. The predicted molar refractivity (Wildman–Crippen MR) is 98.2 cm³/mol. The van der Waals surface area contributed by atoms with E-state index in [4.69, 9.17) is 0 Å². The minimum atomic E-state index is -5.72. The van der Waals surface area contributed by atoms with Crippen molar-refractivity contribution in [3.8, 4) is 0 Å². The first kappa shape index (κ1) is 19.9. The number of fused-ring (bicyclic) bond motifs is 6. The van der Waals surface area contributed by atoms with Crippen molar-refractivity contribution in [1.82, 2.24) is 0 Å². The van der Waals surface area contributed by atoms with Gasteiger partial charge in [-0.1, -0.05) is 13.8 Å². The second-order valence-corrected chi connectivity index (χ2v) is 12.2. The fourth-order valence-corrected chi connectivity index (χ4v) is 9.65. The lowest BCUT2D eigenvalue weighted by atomic mass is 9.44. The van der Waals surface area contributed by atoms with E-state index in [0.717, 1.165) is 23.3 Å². The van der Waals surface area contributed by atoms with E-state index in [1.807, 2.05) is 0 Å². The third kappa shape index (κ3) is 2.24. The lowest BCUT2D eigenvalue weighted by Gasteiger charge is -2.61. The second-order valence-electron chi connectivity index (χ2n) is 10.7. The van der Waals surface area contributed by atoms with E-state index >= 15 is 0 Å². The predicted octanol–water partition coefficient (Wildman–Crippen LogP) is 6.05. The van der Waals surface area contributed by atoms with Crippen LogP contribution in [0.3, 0.4) is 0 Å². The minimum Gasteiger partial charge on any atom is -0.383 e. The van der Waals surface area contributed by atoms with E-state index < -0.39 is 29.5 Å². The second kappa shape index (κ2) is 5.60. The molecule has 9 atom stereocenters. The minimum absolute atomic E-state index is 0.165. The number of thioether (sulfide) groups is 1. The normalized spacial score (nSPS) is 55.7. The zero-order chi connectivity index (χ0) is 20.3. The molecule has 1 aliphatic heterocycles. The number of hydrogen-bond acceptors (Lipinski definition) is 2. The highest BCUT2D eigenvalue weighted by Gasteiger charge is 2.79. The third-order valence-corrected chi connectivity index (χ3v) is 11.3. The van der Waals surface area contributed by atoms with E-state index in [1.165, 1.54) is 19.8 Å². The van der Waals surface area contributed by atoms with E-state index in [1.54, 1.807) is 0 Å². The van der Waals surface area contributed by atoms with Crippen LogP contribution in [0.25, 0.3) is 0 Å². The Labute approximate surface area is 167 Å². The molecule has 1 heterocycles. The molecule has 28 heavy (non-hydrogen) atoms. The molecule has 5 fully saturated rings. The highest BCUT2D eigenvalue weighted by atomic mass is 32.2. The molecule has 1 nitrogen and oxygen atoms in total. The Kier molecular flexibility index (Phi) is 3.98. The number of hydrogen-bond donors (Lipinski definition) is 1. The van der Waals surface area contributed by atoms with Crippen molar-refractivity contribution in [3.63, 3.8) is 0 Å². The van der Waals surface area contributed by atoms with E-state index in [0.29, 0.717) is 18.3 Å². The molecule has 5 rings (SSSR count). The highest BCUT2D eigenvalue weighted by molar-refractivity contribution is 8.07. The molecule has 0 aromatic carbocycles. The highest BCUT2D eigenvalue weighted by Crippen LogP contribution is 2.73. The summed E-state index contributed by atoms with van der Waals surface area (Å²) in [5.74, 6) is -4.09. The maximum absolute atomic E-state index is 14.5. The summed E-state index contributed by atoms with van der Waals surface area (Å²) >= 11 is 2.06. The van der Waals surface area contributed by atoms with Crippen LogP contribution in [0, 0.1) is 34.5 Å². The van der Waals surface area contributed by atoms with Gasteiger partial charge in [-0.25, -0.2) is 0 Å². The van der Waals surface area contributed by atoms with Gasteiger partial charge < -0.3 is 5.11 Å². The average molecular weight is 425 g/mol. The Balaban J connectivity index is 1.47. The molecule has 0 aromatic heterocycles. The van der Waals surface area contributed by atoms with Gasteiger partial charge in [0.2, 0.25) is 0 Å². The summed E-state index contributed by atoms with van der Waals surface area (Å²) in [6.45, 7) is 3.88. The first-order valence-electron chi connectivity index (χ1n) is 10.7. The van der Waals surface area contributed by atoms with Crippen LogP contribution in [0.4, 0.5) is 22.0 Å². The third-order valence-electron chi connectivity index (χ3n) is 9.94. The molecular formula is C21H29F5OS. The molecule has 0 aromatic rings. The SMILES string of the molecule is C[C@]12CC3SC3CC1CC[C@@H]1[C@H]2CC[C@@]2(C)[C@H]1CCC2(O)C(F)(F)C(F)(F)F. The summed E-state index contributed by atoms with van der Waals surface area (Å²) in [6, 6.07) is 0. The fourth-order valence-electron chi connectivity index (χ4n) is 8.29. The van der Waals surface area contributed by atoms with E-state index in [2.05, 4.69) is 18.7 Å². The molecule has 0 amide bonds. The Morgan fingerprint density at radius 1 is 0.893 bits per heavy atom. The largest absolute Gasteiger partial charge is 0.456 e. The summed E-state index contributed by atoms with van der Waals surface area (Å²) in [5.41, 5.74) is -4.18. The summed E-state index contributed by atoms with van der Waals surface area (Å²) in [7, 11) is 0. The van der Waals surface area contributed by atoms with Crippen LogP contribution in [0.1, 0.15) is 65.2 Å². The first-order chi connectivity index (χ1) is 12.9. The van der Waals surface area contributed by atoms with Crippen LogP contribution in [0.2, 0.25) is 0 Å². The van der Waals surface area contributed by atoms with Gasteiger partial charge in [0.15, 0.2) is 0 Å². The Hall–Kier alpha value is -0.0400. The first-order valence-corrected chi connectivity index (χ1v) is 11.6. The van der Waals surface area contributed by atoms with Gasteiger partial charge >= 0.3 is 12.1 Å². The molecule has 5 aliphatic rings. The van der Waals surface area contributed by atoms with Crippen molar-refractivity contribution >= 4 is 11.8 Å². The van der Waals surface area contributed by atoms with E-state index in [-0.39, 0.29) is 30.1 Å².